The van der Waals surface area contributed by atoms with Crippen molar-refractivity contribution in [2.75, 3.05) is 0 Å². The summed E-state index contributed by atoms with van der Waals surface area (Å²) in [7, 11) is 0. The molecule has 0 aliphatic rings. The van der Waals surface area contributed by atoms with Crippen LogP contribution in [0.15, 0.2) is 41.1 Å². The van der Waals surface area contributed by atoms with Gasteiger partial charge in [0.25, 0.3) is 0 Å². The van der Waals surface area contributed by atoms with Gasteiger partial charge >= 0.3 is 0 Å². The summed E-state index contributed by atoms with van der Waals surface area (Å²) < 4.78 is 0. The van der Waals surface area contributed by atoms with Crippen molar-refractivity contribution in [1.29, 1.82) is 0 Å². The molecule has 0 aliphatic heterocycles. The topological polar surface area (TPSA) is 0 Å². The number of aryl methyl sites for hydroxylation is 2. The van der Waals surface area contributed by atoms with Crippen molar-refractivity contribution in [3.05, 3.63) is 57.8 Å². The number of hydrogen-bond acceptors (Lipinski definition) is 1. The summed E-state index contributed by atoms with van der Waals surface area (Å²) in [5, 5.41) is 4.54. The zero-order valence-corrected chi connectivity index (χ0v) is 11.6. The van der Waals surface area contributed by atoms with Gasteiger partial charge in [0.1, 0.15) is 0 Å². The molecule has 0 N–H and O–H groups in total. The van der Waals surface area contributed by atoms with E-state index < -0.39 is 0 Å². The van der Waals surface area contributed by atoms with E-state index in [2.05, 4.69) is 48.0 Å². The zero-order valence-electron chi connectivity index (χ0n) is 10.0. The van der Waals surface area contributed by atoms with Crippen LogP contribution in [0, 0.1) is 6.92 Å². The molecular weight excluding hydrogens is 248 g/mol. The molecule has 0 fully saturated rings. The van der Waals surface area contributed by atoms with Crippen molar-refractivity contribution in [3.8, 4) is 0 Å². The van der Waals surface area contributed by atoms with E-state index in [0.717, 1.165) is 19.3 Å². The molecule has 0 radical (unpaired) electrons. The van der Waals surface area contributed by atoms with Crippen LogP contribution in [0.3, 0.4) is 0 Å². The summed E-state index contributed by atoms with van der Waals surface area (Å²) >= 11 is 8.12. The fourth-order valence-electron chi connectivity index (χ4n) is 1.97. The highest BCUT2D eigenvalue weighted by Crippen LogP contribution is 2.17. The average molecular weight is 265 g/mol. The van der Waals surface area contributed by atoms with Crippen molar-refractivity contribution in [3.63, 3.8) is 0 Å². The normalized spacial score (nSPS) is 12.6. The first-order valence-electron chi connectivity index (χ1n) is 5.95. The van der Waals surface area contributed by atoms with Crippen molar-refractivity contribution >= 4 is 22.9 Å². The summed E-state index contributed by atoms with van der Waals surface area (Å²) in [4.78, 5) is 0. The number of alkyl halides is 1. The van der Waals surface area contributed by atoms with E-state index >= 15 is 0 Å². The Balaban J connectivity index is 1.84. The summed E-state index contributed by atoms with van der Waals surface area (Å²) in [6.45, 7) is 2.16. The average Bonchev–Trinajstić information content (AvgIpc) is 2.81. The molecule has 0 bridgehead atoms. The van der Waals surface area contributed by atoms with Crippen LogP contribution < -0.4 is 0 Å². The second kappa shape index (κ2) is 6.23. The van der Waals surface area contributed by atoms with E-state index in [4.69, 9.17) is 11.6 Å². The standard InChI is InChI=1S/C15H17ClS/c1-12-4-2-3-5-14(12)6-7-15(16)10-13-8-9-17-11-13/h2-5,8-9,11,15H,6-7,10H2,1H3. The SMILES string of the molecule is Cc1ccccc1CCC(Cl)Cc1ccsc1. The summed E-state index contributed by atoms with van der Waals surface area (Å²) in [6, 6.07) is 10.7. The zero-order chi connectivity index (χ0) is 12.1. The first-order valence-corrected chi connectivity index (χ1v) is 7.33. The van der Waals surface area contributed by atoms with Crippen molar-refractivity contribution in [1.82, 2.24) is 0 Å². The Labute approximate surface area is 112 Å². The molecule has 2 rings (SSSR count). The minimum atomic E-state index is 0.240. The van der Waals surface area contributed by atoms with Gasteiger partial charge in [0.05, 0.1) is 0 Å². The maximum atomic E-state index is 6.38. The van der Waals surface area contributed by atoms with Gasteiger partial charge in [0, 0.05) is 5.38 Å². The highest BCUT2D eigenvalue weighted by atomic mass is 35.5. The first kappa shape index (κ1) is 12.7. The van der Waals surface area contributed by atoms with E-state index in [-0.39, 0.29) is 5.38 Å². The van der Waals surface area contributed by atoms with Crippen molar-refractivity contribution in [2.24, 2.45) is 0 Å². The van der Waals surface area contributed by atoms with Gasteiger partial charge in [-0.15, -0.1) is 11.6 Å². The molecule has 2 heteroatoms. The molecule has 0 nitrogen and oxygen atoms in total. The van der Waals surface area contributed by atoms with Crippen molar-refractivity contribution < 1.29 is 0 Å². The molecule has 1 aromatic carbocycles. The lowest BCUT2D eigenvalue weighted by Crippen LogP contribution is -2.05. The van der Waals surface area contributed by atoms with Gasteiger partial charge in [-0.3, -0.25) is 0 Å². The number of benzene rings is 1. The summed E-state index contributed by atoms with van der Waals surface area (Å²) in [6.07, 6.45) is 3.10. The molecular formula is C15H17ClS. The lowest BCUT2D eigenvalue weighted by Gasteiger charge is -2.10. The fourth-order valence-corrected chi connectivity index (χ4v) is 2.94. The molecule has 0 saturated heterocycles. The molecule has 2 aromatic rings. The van der Waals surface area contributed by atoms with Gasteiger partial charge in [-0.05, 0) is 59.7 Å². The van der Waals surface area contributed by atoms with Gasteiger partial charge in [-0.2, -0.15) is 11.3 Å². The van der Waals surface area contributed by atoms with Crippen molar-refractivity contribution in [2.45, 2.75) is 31.6 Å². The molecule has 1 heterocycles. The molecule has 0 aliphatic carbocycles. The maximum absolute atomic E-state index is 6.38. The third-order valence-corrected chi connectivity index (χ3v) is 4.13. The van der Waals surface area contributed by atoms with Crippen LogP contribution in [0.25, 0.3) is 0 Å². The summed E-state index contributed by atoms with van der Waals surface area (Å²) in [5.74, 6) is 0. The lowest BCUT2D eigenvalue weighted by molar-refractivity contribution is 0.742. The van der Waals surface area contributed by atoms with E-state index in [0.29, 0.717) is 0 Å². The Morgan fingerprint density at radius 3 is 2.76 bits per heavy atom. The number of rotatable bonds is 5. The highest BCUT2D eigenvalue weighted by Gasteiger charge is 2.07. The molecule has 0 amide bonds. The van der Waals surface area contributed by atoms with Crippen LogP contribution in [0.1, 0.15) is 23.1 Å². The summed E-state index contributed by atoms with van der Waals surface area (Å²) in [5.41, 5.74) is 4.15. The number of thiophene rings is 1. The Hall–Kier alpha value is -0.790. The number of halogens is 1. The fraction of sp³-hybridized carbons (Fsp3) is 0.333. The smallest absolute Gasteiger partial charge is 0.0379 e. The van der Waals surface area contributed by atoms with Crippen LogP contribution in [0.5, 0.6) is 0 Å². The Morgan fingerprint density at radius 1 is 1.24 bits per heavy atom. The van der Waals surface area contributed by atoms with Crippen LogP contribution in [0.2, 0.25) is 0 Å². The first-order chi connectivity index (χ1) is 8.25. The monoisotopic (exact) mass is 264 g/mol. The largest absolute Gasteiger partial charge is 0.152 e. The van der Waals surface area contributed by atoms with Gasteiger partial charge in [-0.25, -0.2) is 0 Å². The van der Waals surface area contributed by atoms with E-state index in [1.54, 1.807) is 11.3 Å². The predicted octanol–water partition coefficient (Wildman–Crippen LogP) is 4.84. The van der Waals surface area contributed by atoms with Gasteiger partial charge in [0.15, 0.2) is 0 Å². The van der Waals surface area contributed by atoms with Gasteiger partial charge < -0.3 is 0 Å². The Morgan fingerprint density at radius 2 is 2.06 bits per heavy atom. The minimum absolute atomic E-state index is 0.240. The molecule has 90 valence electrons. The maximum Gasteiger partial charge on any atom is 0.0379 e. The second-order valence-corrected chi connectivity index (χ2v) is 5.80. The molecule has 1 unspecified atom stereocenters. The van der Waals surface area contributed by atoms with E-state index in [1.165, 1.54) is 16.7 Å². The van der Waals surface area contributed by atoms with Crippen LogP contribution in [-0.2, 0) is 12.8 Å². The second-order valence-electron chi connectivity index (χ2n) is 4.40. The third-order valence-electron chi connectivity index (χ3n) is 3.03. The van der Waals surface area contributed by atoms with Gasteiger partial charge in [-0.1, -0.05) is 24.3 Å². The quantitative estimate of drug-likeness (QED) is 0.678. The molecule has 17 heavy (non-hydrogen) atoms. The minimum Gasteiger partial charge on any atom is -0.152 e. The van der Waals surface area contributed by atoms with Gasteiger partial charge in [0.2, 0.25) is 0 Å². The van der Waals surface area contributed by atoms with Crippen LogP contribution in [-0.4, -0.2) is 5.38 Å². The molecule has 0 saturated carbocycles. The van der Waals surface area contributed by atoms with E-state index in [9.17, 15) is 0 Å². The van der Waals surface area contributed by atoms with Crippen LogP contribution >= 0.6 is 22.9 Å². The molecule has 1 aromatic heterocycles. The molecule has 1 atom stereocenters. The molecule has 0 spiro atoms. The third kappa shape index (κ3) is 3.86. The number of hydrogen-bond donors (Lipinski definition) is 0. The highest BCUT2D eigenvalue weighted by molar-refractivity contribution is 7.07. The van der Waals surface area contributed by atoms with Crippen LogP contribution in [0.4, 0.5) is 0 Å². The Kier molecular flexibility index (Phi) is 4.64. The van der Waals surface area contributed by atoms with E-state index in [1.807, 2.05) is 0 Å². The predicted molar refractivity (Wildman–Crippen MR) is 77.2 cm³/mol. The Bertz CT molecular complexity index is 448. The lowest BCUT2D eigenvalue weighted by atomic mass is 10.0.